The summed E-state index contributed by atoms with van der Waals surface area (Å²) in [6.07, 6.45) is 69.1. The van der Waals surface area contributed by atoms with Crippen molar-refractivity contribution in [1.82, 2.24) is 0 Å². The monoisotopic (exact) mass is 851 g/mol. The summed E-state index contributed by atoms with van der Waals surface area (Å²) in [6.45, 7) is 0.739. The minimum absolute atomic E-state index is 0.370. The fraction of sp³-hybridized carbons (Fsp3) is 1.00. The second-order valence-corrected chi connectivity index (χ2v) is 19.8. The molecule has 0 aromatic rings. The van der Waals surface area contributed by atoms with E-state index in [1.54, 1.807) is 0 Å². The topological polar surface area (TPSA) is 80.9 Å². The predicted octanol–water partition coefficient (Wildman–Crippen LogP) is 18.0. The Labute approximate surface area is 378 Å². The minimum Gasteiger partial charge on any atom is -0.396 e. The average molecular weight is 852 g/mol. The lowest BCUT2D eigenvalue weighted by atomic mass is 9.99. The molecule has 4 heteroatoms. The first-order valence-electron chi connectivity index (χ1n) is 28.3. The summed E-state index contributed by atoms with van der Waals surface area (Å²) in [5.74, 6) is 0. The SMILES string of the molecule is OC1CCCCCCCCCCCCCCCCCCCCCCCCCCC1O.OCCCCCCCCCCCCCCCCCCCCCCCCCCCCO. The highest BCUT2D eigenvalue weighted by Crippen LogP contribution is 2.19. The van der Waals surface area contributed by atoms with Crippen LogP contribution < -0.4 is 0 Å². The summed E-state index contributed by atoms with van der Waals surface area (Å²) in [5.41, 5.74) is 0. The Hall–Kier alpha value is -0.160. The van der Waals surface area contributed by atoms with E-state index in [4.69, 9.17) is 10.2 Å². The molecule has 362 valence electrons. The Morgan fingerprint density at radius 3 is 0.433 bits per heavy atom. The Morgan fingerprint density at radius 1 is 0.183 bits per heavy atom. The van der Waals surface area contributed by atoms with Crippen LogP contribution in [-0.2, 0) is 0 Å². The van der Waals surface area contributed by atoms with Gasteiger partial charge in [0, 0.05) is 13.2 Å². The number of aliphatic hydroxyl groups is 4. The van der Waals surface area contributed by atoms with Crippen molar-refractivity contribution in [2.75, 3.05) is 13.2 Å². The highest BCUT2D eigenvalue weighted by molar-refractivity contribution is 4.68. The maximum Gasteiger partial charge on any atom is 0.0799 e. The lowest BCUT2D eigenvalue weighted by Crippen LogP contribution is -2.25. The molecule has 2 unspecified atom stereocenters. The maximum absolute atomic E-state index is 10.2. The smallest absolute Gasteiger partial charge is 0.0799 e. The van der Waals surface area contributed by atoms with Crippen molar-refractivity contribution >= 4 is 0 Å². The van der Waals surface area contributed by atoms with Gasteiger partial charge in [0.2, 0.25) is 0 Å². The van der Waals surface area contributed by atoms with E-state index in [1.807, 2.05) is 0 Å². The van der Waals surface area contributed by atoms with Crippen molar-refractivity contribution in [3.63, 3.8) is 0 Å². The molecule has 0 aliphatic heterocycles. The molecule has 0 aromatic carbocycles. The first kappa shape index (κ1) is 59.8. The Morgan fingerprint density at radius 2 is 0.300 bits per heavy atom. The van der Waals surface area contributed by atoms with E-state index in [9.17, 15) is 10.2 Å². The van der Waals surface area contributed by atoms with Gasteiger partial charge in [0.1, 0.15) is 0 Å². The zero-order valence-electron chi connectivity index (χ0n) is 41.1. The molecular formula is C56H114O4. The molecule has 0 aromatic heterocycles. The summed E-state index contributed by atoms with van der Waals surface area (Å²) in [6, 6.07) is 0. The van der Waals surface area contributed by atoms with E-state index >= 15 is 0 Å². The molecule has 0 heterocycles. The van der Waals surface area contributed by atoms with Gasteiger partial charge in [-0.2, -0.15) is 0 Å². The average Bonchev–Trinajstić information content (AvgIpc) is 3.25. The molecule has 0 bridgehead atoms. The van der Waals surface area contributed by atoms with Crippen molar-refractivity contribution < 1.29 is 20.4 Å². The van der Waals surface area contributed by atoms with E-state index in [1.165, 1.54) is 295 Å². The summed E-state index contributed by atoms with van der Waals surface area (Å²) >= 11 is 0. The normalized spacial score (nSPS) is 19.8. The first-order valence-corrected chi connectivity index (χ1v) is 28.3. The third-order valence-electron chi connectivity index (χ3n) is 13.8. The standard InChI is InChI=1S/C28H56O2.C28H58O2/c29-27-25-23-21-19-17-15-13-11-9-7-5-3-1-2-4-6-8-10-12-14-16-18-20-22-24-26-28(27)30;29-27-25-23-21-19-17-15-13-11-9-7-5-3-1-2-4-6-8-10-12-14-16-18-20-22-24-26-28-30/h27-30H,1-26H2;29-30H,1-28H2. The molecule has 0 spiro atoms. The molecule has 1 aliphatic carbocycles. The molecule has 4 nitrogen and oxygen atoms in total. The van der Waals surface area contributed by atoms with Crippen molar-refractivity contribution in [1.29, 1.82) is 0 Å². The minimum atomic E-state index is -0.503. The number of rotatable bonds is 27. The van der Waals surface area contributed by atoms with Crippen LogP contribution in [0, 0.1) is 0 Å². The van der Waals surface area contributed by atoms with E-state index < -0.39 is 12.2 Å². The molecule has 4 N–H and O–H groups in total. The van der Waals surface area contributed by atoms with Gasteiger partial charge in [-0.1, -0.05) is 308 Å². The van der Waals surface area contributed by atoms with Crippen LogP contribution in [-0.4, -0.2) is 45.8 Å². The number of aliphatic hydroxyl groups excluding tert-OH is 4. The molecule has 2 atom stereocenters. The van der Waals surface area contributed by atoms with Gasteiger partial charge in [-0.25, -0.2) is 0 Å². The molecule has 0 amide bonds. The zero-order chi connectivity index (χ0) is 43.3. The van der Waals surface area contributed by atoms with Crippen molar-refractivity contribution in [3.05, 3.63) is 0 Å². The zero-order valence-corrected chi connectivity index (χ0v) is 41.1. The van der Waals surface area contributed by atoms with Crippen LogP contribution >= 0.6 is 0 Å². The van der Waals surface area contributed by atoms with Crippen LogP contribution in [0.5, 0.6) is 0 Å². The fourth-order valence-corrected chi connectivity index (χ4v) is 9.45. The lowest BCUT2D eigenvalue weighted by Gasteiger charge is -2.17. The highest BCUT2D eigenvalue weighted by Gasteiger charge is 2.15. The van der Waals surface area contributed by atoms with Crippen LogP contribution in [0.15, 0.2) is 0 Å². The third-order valence-corrected chi connectivity index (χ3v) is 13.8. The van der Waals surface area contributed by atoms with Crippen molar-refractivity contribution in [2.45, 2.75) is 346 Å². The van der Waals surface area contributed by atoms with E-state index in [-0.39, 0.29) is 0 Å². The molecule has 0 saturated heterocycles. The van der Waals surface area contributed by atoms with Gasteiger partial charge in [-0.15, -0.1) is 0 Å². The van der Waals surface area contributed by atoms with Gasteiger partial charge in [0.15, 0.2) is 0 Å². The summed E-state index contributed by atoms with van der Waals surface area (Å²) < 4.78 is 0. The molecular weight excluding hydrogens is 737 g/mol. The van der Waals surface area contributed by atoms with Crippen LogP contribution in [0.25, 0.3) is 0 Å². The summed E-state index contributed by atoms with van der Waals surface area (Å²) in [4.78, 5) is 0. The highest BCUT2D eigenvalue weighted by atomic mass is 16.3. The predicted molar refractivity (Wildman–Crippen MR) is 266 cm³/mol. The number of hydrogen-bond acceptors (Lipinski definition) is 4. The van der Waals surface area contributed by atoms with Crippen molar-refractivity contribution in [2.24, 2.45) is 0 Å². The second-order valence-electron chi connectivity index (χ2n) is 19.8. The third kappa shape index (κ3) is 52.2. The molecule has 1 fully saturated rings. The van der Waals surface area contributed by atoms with Gasteiger partial charge in [-0.3, -0.25) is 0 Å². The largest absolute Gasteiger partial charge is 0.396 e. The van der Waals surface area contributed by atoms with Gasteiger partial charge < -0.3 is 20.4 Å². The number of unbranched alkanes of at least 4 members (excludes halogenated alkanes) is 25. The molecule has 1 saturated carbocycles. The van der Waals surface area contributed by atoms with E-state index in [0.717, 1.165) is 38.5 Å². The Balaban J connectivity index is 0.00000116. The molecule has 1 rings (SSSR count). The van der Waals surface area contributed by atoms with Gasteiger partial charge >= 0.3 is 0 Å². The Bertz CT molecular complexity index is 670. The maximum atomic E-state index is 10.2. The Kier molecular flexibility index (Phi) is 54.8. The van der Waals surface area contributed by atoms with Crippen LogP contribution in [0.4, 0.5) is 0 Å². The van der Waals surface area contributed by atoms with Crippen molar-refractivity contribution in [3.8, 4) is 0 Å². The van der Waals surface area contributed by atoms with Crippen LogP contribution in [0.3, 0.4) is 0 Å². The fourth-order valence-electron chi connectivity index (χ4n) is 9.45. The van der Waals surface area contributed by atoms with E-state index in [2.05, 4.69) is 0 Å². The number of hydrogen-bond donors (Lipinski definition) is 4. The van der Waals surface area contributed by atoms with Gasteiger partial charge in [0.25, 0.3) is 0 Å². The van der Waals surface area contributed by atoms with E-state index in [0.29, 0.717) is 13.2 Å². The van der Waals surface area contributed by atoms with Gasteiger partial charge in [-0.05, 0) is 25.7 Å². The lowest BCUT2D eigenvalue weighted by molar-refractivity contribution is 0.00711. The quantitative estimate of drug-likeness (QED) is 0.0621. The first-order chi connectivity index (χ1) is 29.7. The summed E-state index contributed by atoms with van der Waals surface area (Å²) in [5, 5.41) is 37.9. The molecule has 0 radical (unpaired) electrons. The van der Waals surface area contributed by atoms with Crippen LogP contribution in [0.1, 0.15) is 334 Å². The second kappa shape index (κ2) is 55.0. The molecule has 60 heavy (non-hydrogen) atoms. The summed E-state index contributed by atoms with van der Waals surface area (Å²) in [7, 11) is 0. The molecule has 1 aliphatic rings. The van der Waals surface area contributed by atoms with Gasteiger partial charge in [0.05, 0.1) is 12.2 Å². The van der Waals surface area contributed by atoms with Crippen LogP contribution in [0.2, 0.25) is 0 Å².